The van der Waals surface area contributed by atoms with E-state index < -0.39 is 23.1 Å². The van der Waals surface area contributed by atoms with Gasteiger partial charge in [0, 0.05) is 24.0 Å². The Morgan fingerprint density at radius 3 is 2.54 bits per heavy atom. The summed E-state index contributed by atoms with van der Waals surface area (Å²) in [6.45, 7) is 12.0. The van der Waals surface area contributed by atoms with Crippen molar-refractivity contribution in [1.82, 2.24) is 25.1 Å². The molecule has 0 atom stereocenters. The number of nitrogens with one attached hydrogen (secondary N) is 2. The Hall–Kier alpha value is -3.95. The second kappa shape index (κ2) is 10.2. The lowest BCUT2D eigenvalue weighted by molar-refractivity contribution is 0.0508. The number of anilines is 2. The molecule has 0 bridgehead atoms. The summed E-state index contributed by atoms with van der Waals surface area (Å²) in [4.78, 5) is 34.6. The second-order valence-corrected chi connectivity index (χ2v) is 10.6. The lowest BCUT2D eigenvalue weighted by Gasteiger charge is -2.31. The Labute approximate surface area is 216 Å². The highest BCUT2D eigenvalue weighted by atomic mass is 16.6. The smallest absolute Gasteiger partial charge is 0.407 e. The molecular weight excluding hydrogens is 472 g/mol. The summed E-state index contributed by atoms with van der Waals surface area (Å²) < 4.78 is 12.3. The lowest BCUT2D eigenvalue weighted by atomic mass is 9.73. The topological polar surface area (TPSA) is 120 Å². The standard InChI is InChI=1S/C27H34N6O4/c1-7-36-23(34)22-19-21(32-33(22)14-13-28-25(35)37-26(2,3)4)20-17(15-27(19,5)6)16-29-24(31-20)30-18-11-9-8-10-12-18/h8-12,16H,7,13-15H2,1-6H3,(H,28,35)(H,29,30,31). The predicted octanol–water partition coefficient (Wildman–Crippen LogP) is 4.62. The van der Waals surface area contributed by atoms with E-state index in [2.05, 4.69) is 29.5 Å². The van der Waals surface area contributed by atoms with Crippen LogP contribution in [-0.2, 0) is 27.9 Å². The molecule has 0 radical (unpaired) electrons. The van der Waals surface area contributed by atoms with E-state index in [9.17, 15) is 9.59 Å². The van der Waals surface area contributed by atoms with E-state index in [0.717, 1.165) is 16.8 Å². The summed E-state index contributed by atoms with van der Waals surface area (Å²) in [5, 5.41) is 10.8. The zero-order chi connectivity index (χ0) is 26.8. The molecule has 3 aromatic rings. The Morgan fingerprint density at radius 1 is 1.14 bits per heavy atom. The van der Waals surface area contributed by atoms with Crippen molar-refractivity contribution in [2.45, 2.75) is 65.5 Å². The van der Waals surface area contributed by atoms with Gasteiger partial charge >= 0.3 is 12.1 Å². The highest BCUT2D eigenvalue weighted by molar-refractivity contribution is 5.93. The summed E-state index contributed by atoms with van der Waals surface area (Å²) in [5.41, 5.74) is 3.22. The molecule has 0 fully saturated rings. The molecule has 2 aromatic heterocycles. The fraction of sp³-hybridized carbons (Fsp3) is 0.444. The van der Waals surface area contributed by atoms with Crippen molar-refractivity contribution in [2.75, 3.05) is 18.5 Å². The Morgan fingerprint density at radius 2 is 1.86 bits per heavy atom. The minimum Gasteiger partial charge on any atom is -0.461 e. The molecule has 0 unspecified atom stereocenters. The number of para-hydroxylation sites is 1. The molecule has 0 saturated carbocycles. The van der Waals surface area contributed by atoms with Crippen molar-refractivity contribution in [3.63, 3.8) is 0 Å². The van der Waals surface area contributed by atoms with E-state index in [0.29, 0.717) is 29.5 Å². The molecule has 10 heteroatoms. The summed E-state index contributed by atoms with van der Waals surface area (Å²) in [6, 6.07) is 9.67. The van der Waals surface area contributed by atoms with Crippen LogP contribution in [0.3, 0.4) is 0 Å². The fourth-order valence-corrected chi connectivity index (χ4v) is 4.43. The first-order valence-electron chi connectivity index (χ1n) is 12.4. The molecule has 1 aliphatic carbocycles. The van der Waals surface area contributed by atoms with Crippen molar-refractivity contribution in [3.05, 3.63) is 53.3 Å². The van der Waals surface area contributed by atoms with Crippen LogP contribution < -0.4 is 10.6 Å². The third-order valence-corrected chi connectivity index (χ3v) is 5.84. The number of amides is 1. The maximum absolute atomic E-state index is 13.2. The van der Waals surface area contributed by atoms with Gasteiger partial charge in [0.2, 0.25) is 5.95 Å². The molecule has 0 saturated heterocycles. The number of rotatable bonds is 7. The minimum atomic E-state index is -0.607. The third-order valence-electron chi connectivity index (χ3n) is 5.84. The number of alkyl carbamates (subject to hydrolysis) is 1. The molecule has 37 heavy (non-hydrogen) atoms. The molecule has 0 aliphatic heterocycles. The van der Waals surface area contributed by atoms with Crippen LogP contribution in [0.25, 0.3) is 11.4 Å². The summed E-state index contributed by atoms with van der Waals surface area (Å²) in [5.74, 6) is -0.0174. The molecule has 1 amide bonds. The van der Waals surface area contributed by atoms with Crippen molar-refractivity contribution >= 4 is 23.7 Å². The van der Waals surface area contributed by atoms with Crippen LogP contribution in [-0.4, -0.2) is 50.6 Å². The first-order valence-corrected chi connectivity index (χ1v) is 12.4. The minimum absolute atomic E-state index is 0.222. The maximum atomic E-state index is 13.2. The van der Waals surface area contributed by atoms with E-state index >= 15 is 0 Å². The average molecular weight is 507 g/mol. The molecule has 196 valence electrons. The normalized spacial score (nSPS) is 13.8. The third kappa shape index (κ3) is 5.90. The van der Waals surface area contributed by atoms with Crippen LogP contribution in [0.1, 0.15) is 63.2 Å². The largest absolute Gasteiger partial charge is 0.461 e. The molecule has 4 rings (SSSR count). The maximum Gasteiger partial charge on any atom is 0.407 e. The van der Waals surface area contributed by atoms with Crippen molar-refractivity contribution in [3.8, 4) is 11.4 Å². The van der Waals surface area contributed by atoms with Gasteiger partial charge in [0.25, 0.3) is 0 Å². The van der Waals surface area contributed by atoms with E-state index in [-0.39, 0.29) is 19.7 Å². The van der Waals surface area contributed by atoms with Crippen LogP contribution in [0.4, 0.5) is 16.4 Å². The predicted molar refractivity (Wildman–Crippen MR) is 140 cm³/mol. The van der Waals surface area contributed by atoms with Crippen LogP contribution in [0.2, 0.25) is 0 Å². The van der Waals surface area contributed by atoms with Crippen molar-refractivity contribution in [2.24, 2.45) is 0 Å². The molecule has 1 aliphatic rings. The first-order chi connectivity index (χ1) is 17.5. The van der Waals surface area contributed by atoms with Gasteiger partial charge in [-0.1, -0.05) is 32.0 Å². The molecule has 1 aromatic carbocycles. The zero-order valence-corrected chi connectivity index (χ0v) is 22.2. The number of fused-ring (bicyclic) bond motifs is 3. The van der Waals surface area contributed by atoms with E-state index in [1.54, 1.807) is 32.4 Å². The van der Waals surface area contributed by atoms with Crippen LogP contribution >= 0.6 is 0 Å². The number of hydrogen-bond donors (Lipinski definition) is 2. The molecule has 10 nitrogen and oxygen atoms in total. The van der Waals surface area contributed by atoms with Gasteiger partial charge in [0.15, 0.2) is 5.69 Å². The van der Waals surface area contributed by atoms with Gasteiger partial charge in [-0.25, -0.2) is 19.6 Å². The van der Waals surface area contributed by atoms with Crippen molar-refractivity contribution < 1.29 is 19.1 Å². The van der Waals surface area contributed by atoms with Gasteiger partial charge in [-0.2, -0.15) is 5.10 Å². The fourth-order valence-electron chi connectivity index (χ4n) is 4.43. The lowest BCUT2D eigenvalue weighted by Crippen LogP contribution is -2.34. The van der Waals surface area contributed by atoms with Gasteiger partial charge in [-0.15, -0.1) is 0 Å². The first kappa shape index (κ1) is 26.1. The number of benzene rings is 1. The van der Waals surface area contributed by atoms with Gasteiger partial charge < -0.3 is 20.1 Å². The monoisotopic (exact) mass is 506 g/mol. The number of esters is 1. The Balaban J connectivity index is 1.71. The van der Waals surface area contributed by atoms with E-state index in [4.69, 9.17) is 19.6 Å². The molecule has 2 heterocycles. The quantitative estimate of drug-likeness (QED) is 0.446. The molecular formula is C27H34N6O4. The molecule has 0 spiro atoms. The summed E-state index contributed by atoms with van der Waals surface area (Å²) in [6.07, 6.45) is 1.91. The van der Waals surface area contributed by atoms with Crippen LogP contribution in [0.5, 0.6) is 0 Å². The van der Waals surface area contributed by atoms with Crippen LogP contribution in [0, 0.1) is 0 Å². The van der Waals surface area contributed by atoms with Gasteiger partial charge in [-0.3, -0.25) is 4.68 Å². The Kier molecular flexibility index (Phi) is 7.20. The number of carbonyl (C=O) groups is 2. The van der Waals surface area contributed by atoms with Gasteiger partial charge in [0.1, 0.15) is 11.3 Å². The summed E-state index contributed by atoms with van der Waals surface area (Å²) in [7, 11) is 0. The average Bonchev–Trinajstić information content (AvgIpc) is 3.20. The number of ether oxygens (including phenoxy) is 2. The van der Waals surface area contributed by atoms with E-state index in [1.165, 1.54) is 0 Å². The van der Waals surface area contributed by atoms with Gasteiger partial charge in [-0.05, 0) is 57.2 Å². The van der Waals surface area contributed by atoms with Gasteiger partial charge in [0.05, 0.1) is 18.8 Å². The van der Waals surface area contributed by atoms with Crippen molar-refractivity contribution in [1.29, 1.82) is 0 Å². The highest BCUT2D eigenvalue weighted by Gasteiger charge is 2.40. The number of hydrogen-bond acceptors (Lipinski definition) is 8. The molecule has 2 N–H and O–H groups in total. The number of nitrogens with zero attached hydrogens (tertiary/aromatic N) is 4. The Bertz CT molecular complexity index is 1290. The number of aromatic nitrogens is 4. The SMILES string of the molecule is CCOC(=O)c1c2c(nn1CCNC(=O)OC(C)(C)C)-c1nc(Nc3ccccc3)ncc1CC2(C)C. The van der Waals surface area contributed by atoms with Crippen LogP contribution in [0.15, 0.2) is 36.5 Å². The highest BCUT2D eigenvalue weighted by Crippen LogP contribution is 2.44. The summed E-state index contributed by atoms with van der Waals surface area (Å²) >= 11 is 0. The number of carbonyl (C=O) groups excluding carboxylic acids is 2. The second-order valence-electron chi connectivity index (χ2n) is 10.6. The van der Waals surface area contributed by atoms with E-state index in [1.807, 2.05) is 36.5 Å². The zero-order valence-electron chi connectivity index (χ0n) is 22.2.